The molecule has 3 atom stereocenters. The number of benzene rings is 1. The summed E-state index contributed by atoms with van der Waals surface area (Å²) in [5.41, 5.74) is -2.09. The lowest BCUT2D eigenvalue weighted by atomic mass is 10.0. The monoisotopic (exact) mass is 816 g/mol. The molecule has 1 aromatic carbocycles. The molecule has 310 valence electrons. The molecule has 0 aromatic heterocycles. The molecule has 1 aromatic rings. The highest BCUT2D eigenvalue weighted by Crippen LogP contribution is 2.52. The fourth-order valence-corrected chi connectivity index (χ4v) is 7.20. The number of halogens is 3. The Labute approximate surface area is 325 Å². The van der Waals surface area contributed by atoms with Crippen LogP contribution >= 0.6 is 11.8 Å². The van der Waals surface area contributed by atoms with Gasteiger partial charge in [0.1, 0.15) is 13.2 Å². The molecule has 3 heterocycles. The first-order valence-electron chi connectivity index (χ1n) is 18.0. The van der Waals surface area contributed by atoms with Crippen LogP contribution in [-0.4, -0.2) is 135 Å². The van der Waals surface area contributed by atoms with Gasteiger partial charge in [0, 0.05) is 55.7 Å². The van der Waals surface area contributed by atoms with Crippen LogP contribution in [0.15, 0.2) is 46.6 Å². The van der Waals surface area contributed by atoms with Gasteiger partial charge in [0.05, 0.1) is 38.5 Å². The standard InChI is InChI=1S/C34H47F3N8O10S/c35-34(36,37)33(43-44-33)24-9-7-23(8-10-24)21-40-31(49)54-15-4-3-13-45(32(50)51)14-16-52-17-18-53-19-20-55-30(48)39-12-11-38-27(46)6-2-1-5-26-28-25(22-56-26)41-29(47)42-28/h3-4,7-10,25-26,28H,1-2,5-6,11-22H2,(H,38,46)(H,39,48)(H,40,49)(H,50,51)(H2,41,42,47)/b4-3+/t25-,26-,28-/m0/s1. The van der Waals surface area contributed by atoms with Crippen molar-refractivity contribution >= 4 is 42.0 Å². The molecule has 0 aliphatic carbocycles. The summed E-state index contributed by atoms with van der Waals surface area (Å²) in [7, 11) is 0. The average Bonchev–Trinajstić information content (AvgIpc) is 3.80. The normalized spacial score (nSPS) is 19.1. The third kappa shape index (κ3) is 14.3. The van der Waals surface area contributed by atoms with E-state index in [0.29, 0.717) is 17.2 Å². The van der Waals surface area contributed by atoms with Gasteiger partial charge in [0.2, 0.25) is 5.91 Å². The molecule has 4 rings (SSSR count). The fraction of sp³-hybridized carbons (Fsp3) is 0.618. The van der Waals surface area contributed by atoms with E-state index in [0.717, 1.165) is 29.9 Å². The number of amides is 6. The van der Waals surface area contributed by atoms with Crippen LogP contribution in [0.25, 0.3) is 0 Å². The van der Waals surface area contributed by atoms with Gasteiger partial charge in [-0.1, -0.05) is 36.8 Å². The van der Waals surface area contributed by atoms with E-state index in [1.807, 2.05) is 11.8 Å². The van der Waals surface area contributed by atoms with E-state index < -0.39 is 30.1 Å². The number of rotatable bonds is 24. The van der Waals surface area contributed by atoms with Gasteiger partial charge in [-0.25, -0.2) is 19.2 Å². The van der Waals surface area contributed by atoms with Crippen molar-refractivity contribution in [1.29, 1.82) is 0 Å². The fourth-order valence-electron chi connectivity index (χ4n) is 5.65. The van der Waals surface area contributed by atoms with Gasteiger partial charge in [-0.3, -0.25) is 4.79 Å². The predicted molar refractivity (Wildman–Crippen MR) is 194 cm³/mol. The quantitative estimate of drug-likeness (QED) is 0.0504. The summed E-state index contributed by atoms with van der Waals surface area (Å²) in [6.45, 7) is 1.00. The number of carbonyl (C=O) groups is 5. The van der Waals surface area contributed by atoms with Crippen molar-refractivity contribution in [2.45, 2.75) is 61.4 Å². The van der Waals surface area contributed by atoms with Crippen molar-refractivity contribution in [1.82, 2.24) is 31.5 Å². The lowest BCUT2D eigenvalue weighted by Crippen LogP contribution is -2.36. The molecule has 18 nitrogen and oxygen atoms in total. The van der Waals surface area contributed by atoms with Gasteiger partial charge < -0.3 is 55.5 Å². The summed E-state index contributed by atoms with van der Waals surface area (Å²) in [6.07, 6.45) is -1.30. The number of hydrogen-bond donors (Lipinski definition) is 6. The van der Waals surface area contributed by atoms with Crippen molar-refractivity contribution in [3.63, 3.8) is 0 Å². The van der Waals surface area contributed by atoms with Crippen LogP contribution < -0.4 is 26.6 Å². The highest BCUT2D eigenvalue weighted by atomic mass is 32.2. The van der Waals surface area contributed by atoms with Crippen LogP contribution in [0.5, 0.6) is 0 Å². The topological polar surface area (TPSA) is 231 Å². The van der Waals surface area contributed by atoms with Crippen LogP contribution in [-0.2, 0) is 35.9 Å². The number of ether oxygens (including phenoxy) is 4. The molecule has 56 heavy (non-hydrogen) atoms. The zero-order valence-electron chi connectivity index (χ0n) is 30.5. The molecule has 0 saturated carbocycles. The van der Waals surface area contributed by atoms with Crippen LogP contribution in [0.1, 0.15) is 36.8 Å². The Hall–Kier alpha value is -4.83. The molecule has 0 spiro atoms. The smallest absolute Gasteiger partial charge is 0.442 e. The lowest BCUT2D eigenvalue weighted by molar-refractivity contribution is -0.166. The first-order valence-corrected chi connectivity index (χ1v) is 19.1. The molecule has 22 heteroatoms. The number of urea groups is 1. The van der Waals surface area contributed by atoms with E-state index in [9.17, 15) is 42.3 Å². The first kappa shape index (κ1) is 43.9. The van der Waals surface area contributed by atoms with Crippen LogP contribution in [0.2, 0.25) is 0 Å². The number of fused-ring (bicyclic) bond motifs is 1. The van der Waals surface area contributed by atoms with E-state index in [1.54, 1.807) is 0 Å². The summed E-state index contributed by atoms with van der Waals surface area (Å²) in [6, 6.07) is 5.57. The summed E-state index contributed by atoms with van der Waals surface area (Å²) in [5, 5.41) is 29.7. The van der Waals surface area contributed by atoms with Gasteiger partial charge in [0.25, 0.3) is 0 Å². The molecular formula is C34H47F3N8O10S. The molecule has 0 radical (unpaired) electrons. The maximum Gasteiger partial charge on any atom is 0.442 e. The Bertz CT molecular complexity index is 1530. The lowest BCUT2D eigenvalue weighted by Gasteiger charge is -2.17. The SMILES string of the molecule is O=C(CCCC[C@@H]1SC[C@@H]2NC(=O)N[C@@H]21)NCCNC(=O)OCCOCCOCCN(C/C=C/COC(=O)NCc1ccc(C2(C(F)(F)F)N=N2)cc1)C(=O)O. The van der Waals surface area contributed by atoms with Crippen LogP contribution in [0, 0.1) is 0 Å². The Morgan fingerprint density at radius 1 is 0.929 bits per heavy atom. The second-order valence-corrected chi connectivity index (χ2v) is 14.0. The third-order valence-corrected chi connectivity index (χ3v) is 10.2. The zero-order chi connectivity index (χ0) is 40.4. The molecule has 2 saturated heterocycles. The van der Waals surface area contributed by atoms with Crippen LogP contribution in [0.3, 0.4) is 0 Å². The number of nitrogens with zero attached hydrogens (tertiary/aromatic N) is 3. The summed E-state index contributed by atoms with van der Waals surface area (Å²) < 4.78 is 60.1. The molecule has 6 amide bonds. The second kappa shape index (κ2) is 22.0. The van der Waals surface area contributed by atoms with Gasteiger partial charge in [-0.2, -0.15) is 24.9 Å². The Kier molecular flexibility index (Phi) is 17.3. The number of thioether (sulfide) groups is 1. The average molecular weight is 817 g/mol. The van der Waals surface area contributed by atoms with Gasteiger partial charge in [-0.05, 0) is 24.5 Å². The minimum atomic E-state index is -4.62. The molecule has 3 aliphatic heterocycles. The van der Waals surface area contributed by atoms with E-state index in [-0.39, 0.29) is 102 Å². The highest BCUT2D eigenvalue weighted by Gasteiger charge is 2.65. The molecule has 6 N–H and O–H groups in total. The van der Waals surface area contributed by atoms with Gasteiger partial charge in [-0.15, -0.1) is 10.2 Å². The van der Waals surface area contributed by atoms with Gasteiger partial charge in [0.15, 0.2) is 0 Å². The van der Waals surface area contributed by atoms with Crippen molar-refractivity contribution in [3.05, 3.63) is 47.5 Å². The number of unbranched alkanes of at least 4 members (excludes halogenated alkanes) is 1. The first-order chi connectivity index (χ1) is 26.9. The minimum Gasteiger partial charge on any atom is -0.465 e. The van der Waals surface area contributed by atoms with Crippen LogP contribution in [0.4, 0.5) is 32.3 Å². The molecule has 0 unspecified atom stereocenters. The maximum absolute atomic E-state index is 13.1. The van der Waals surface area contributed by atoms with E-state index in [4.69, 9.17) is 18.9 Å². The molecule has 2 fully saturated rings. The Morgan fingerprint density at radius 2 is 1.62 bits per heavy atom. The number of alkyl carbamates (subject to hydrolysis) is 2. The molecular weight excluding hydrogens is 769 g/mol. The molecule has 3 aliphatic rings. The van der Waals surface area contributed by atoms with Gasteiger partial charge >= 0.3 is 36.1 Å². The van der Waals surface area contributed by atoms with Crippen molar-refractivity contribution < 1.29 is 61.2 Å². The number of nitrogens with one attached hydrogen (secondary N) is 5. The summed E-state index contributed by atoms with van der Waals surface area (Å²) in [5.74, 6) is 0.808. The maximum atomic E-state index is 13.1. The van der Waals surface area contributed by atoms with E-state index in [1.165, 1.54) is 36.4 Å². The summed E-state index contributed by atoms with van der Waals surface area (Å²) in [4.78, 5) is 59.9. The summed E-state index contributed by atoms with van der Waals surface area (Å²) >= 11 is 1.84. The largest absolute Gasteiger partial charge is 0.465 e. The van der Waals surface area contributed by atoms with E-state index in [2.05, 4.69) is 36.8 Å². The molecule has 0 bridgehead atoms. The van der Waals surface area contributed by atoms with Crippen molar-refractivity contribution in [2.75, 3.05) is 71.6 Å². The van der Waals surface area contributed by atoms with E-state index >= 15 is 0 Å². The number of hydrogen-bond acceptors (Lipinski definition) is 12. The number of carboxylic acid groups (broad SMARTS) is 1. The van der Waals surface area contributed by atoms with Crippen molar-refractivity contribution in [3.8, 4) is 0 Å². The number of carbonyl (C=O) groups excluding carboxylic acids is 4. The number of alkyl halides is 3. The minimum absolute atomic E-state index is 0.000261. The third-order valence-electron chi connectivity index (χ3n) is 8.70. The predicted octanol–water partition coefficient (Wildman–Crippen LogP) is 3.23. The van der Waals surface area contributed by atoms with Crippen molar-refractivity contribution in [2.24, 2.45) is 10.2 Å². The second-order valence-electron chi connectivity index (χ2n) is 12.7. The Balaban J connectivity index is 0.912. The Morgan fingerprint density at radius 3 is 2.34 bits per heavy atom. The highest BCUT2D eigenvalue weighted by molar-refractivity contribution is 8.00. The zero-order valence-corrected chi connectivity index (χ0v) is 31.3.